The number of nitrogens with zero attached hydrogens (tertiary/aromatic N) is 11. The summed E-state index contributed by atoms with van der Waals surface area (Å²) in [6.45, 7) is 0.603. The van der Waals surface area contributed by atoms with E-state index in [1.807, 2.05) is 12.1 Å². The Morgan fingerprint density at radius 2 is 1.29 bits per heavy atom. The number of aromatic nitrogens is 10. The number of oxime groups is 1. The maximum absolute atomic E-state index is 13.3. The van der Waals surface area contributed by atoms with Crippen LogP contribution in [0.5, 0.6) is 0 Å². The van der Waals surface area contributed by atoms with E-state index in [2.05, 4.69) is 55.2 Å². The minimum absolute atomic E-state index is 0.0827. The van der Waals surface area contributed by atoms with Crippen LogP contribution in [0.2, 0.25) is 0 Å². The van der Waals surface area contributed by atoms with Gasteiger partial charge in [0.15, 0.2) is 11.7 Å². The lowest BCUT2D eigenvalue weighted by Gasteiger charge is -2.32. The lowest BCUT2D eigenvalue weighted by Crippen LogP contribution is -2.50. The Balaban J connectivity index is 0.000000164. The van der Waals surface area contributed by atoms with E-state index in [0.29, 0.717) is 59.5 Å². The molecule has 7 aromatic rings. The number of imidazole rings is 2. The van der Waals surface area contributed by atoms with E-state index in [-0.39, 0.29) is 34.4 Å². The lowest BCUT2D eigenvalue weighted by atomic mass is 10.0. The topological polar surface area (TPSA) is 287 Å². The van der Waals surface area contributed by atoms with E-state index in [9.17, 15) is 21.6 Å². The van der Waals surface area contributed by atoms with Gasteiger partial charge in [-0.3, -0.25) is 0 Å². The summed E-state index contributed by atoms with van der Waals surface area (Å²) in [5.74, 6) is -0.433. The average Bonchev–Trinajstić information content (AvgIpc) is 4.06. The normalized spacial score (nSPS) is 18.3. The van der Waals surface area contributed by atoms with Gasteiger partial charge in [-0.2, -0.15) is 13.6 Å². The molecule has 2 aliphatic heterocycles. The molecule has 2 atom stereocenters. The molecule has 59 heavy (non-hydrogen) atoms. The SMILES string of the molecule is N/C(=N\OC(=O)c1ncccn1)C1CCCCN1S(=O)(=O)c1nc2ccccc2[nH]1.O=S(=O)(c1nc2ccccc2[nH]1)N1CCCCC1c1noc(-c2ncccn2)n1. The molecule has 0 saturated carbocycles. The number of carbonyl (C=O) groups excluding carboxylic acids is 1. The van der Waals surface area contributed by atoms with Crippen LogP contribution in [0.3, 0.4) is 0 Å². The van der Waals surface area contributed by atoms with Crippen LogP contribution in [0, 0.1) is 0 Å². The number of sulfonamides is 2. The highest BCUT2D eigenvalue weighted by atomic mass is 32.2. The predicted molar refractivity (Wildman–Crippen MR) is 209 cm³/mol. The van der Waals surface area contributed by atoms with Crippen molar-refractivity contribution >= 4 is 53.9 Å². The summed E-state index contributed by atoms with van der Waals surface area (Å²) in [5, 5.41) is 7.41. The fraction of sp³-hybridized carbons (Fsp3) is 0.278. The molecule has 0 amide bonds. The molecule has 2 aromatic carbocycles. The van der Waals surface area contributed by atoms with Gasteiger partial charge in [-0.05, 0) is 62.1 Å². The maximum atomic E-state index is 13.3. The van der Waals surface area contributed by atoms with Gasteiger partial charge in [-0.25, -0.2) is 51.5 Å². The first-order chi connectivity index (χ1) is 28.6. The molecule has 7 heterocycles. The standard InChI is InChI=1S/C18H19N7O4S.C18H17N7O3S/c19-15(24-29-17(26)16-20-9-5-10-21-16)14-8-3-4-11-25(14)30(27,28)18-22-12-6-1-2-7-13(12)23-18;26-29(27,18-21-12-6-1-2-7-13(12)22-18)25-11-4-3-8-14(25)15-23-17(28-24-15)16-19-9-5-10-20-16/h1-2,5-7,9-10,14H,3-4,8,11H2,(H2,19,24)(H,22,23);1-2,5-7,9-10,14H,3-4,8,11H2,(H,21,22). The van der Waals surface area contributed by atoms with Crippen LogP contribution in [0.25, 0.3) is 33.8 Å². The third kappa shape index (κ3) is 8.25. The highest BCUT2D eigenvalue weighted by Crippen LogP contribution is 2.34. The zero-order valence-electron chi connectivity index (χ0n) is 31.1. The summed E-state index contributed by atoms with van der Waals surface area (Å²) < 4.78 is 61.0. The van der Waals surface area contributed by atoms with E-state index in [1.54, 1.807) is 60.9 Å². The Kier molecular flexibility index (Phi) is 11.1. The largest absolute Gasteiger partial charge is 0.402 e. The van der Waals surface area contributed by atoms with Gasteiger partial charge in [0, 0.05) is 37.9 Å². The van der Waals surface area contributed by atoms with Gasteiger partial charge >= 0.3 is 5.97 Å². The number of hydrogen-bond acceptors (Lipinski definition) is 16. The minimum atomic E-state index is -3.97. The number of carbonyl (C=O) groups is 1. The summed E-state index contributed by atoms with van der Waals surface area (Å²) in [7, 11) is -7.83. The molecular formula is C36H36N14O7S2. The number of rotatable bonds is 9. The van der Waals surface area contributed by atoms with E-state index in [4.69, 9.17) is 15.1 Å². The number of H-pyrrole nitrogens is 2. The number of para-hydroxylation sites is 4. The van der Waals surface area contributed by atoms with Crippen LogP contribution in [0.4, 0.5) is 0 Å². The first-order valence-electron chi connectivity index (χ1n) is 18.5. The molecule has 2 aliphatic rings. The number of aromatic amines is 2. The quantitative estimate of drug-likeness (QED) is 0.0813. The zero-order chi connectivity index (χ0) is 41.0. The fourth-order valence-corrected chi connectivity index (χ4v) is 9.91. The second kappa shape index (κ2) is 16.7. The third-order valence-corrected chi connectivity index (χ3v) is 13.0. The van der Waals surface area contributed by atoms with Crippen LogP contribution in [0.1, 0.15) is 61.0 Å². The molecule has 0 bridgehead atoms. The molecule has 9 rings (SSSR count). The van der Waals surface area contributed by atoms with Gasteiger partial charge in [0.1, 0.15) is 0 Å². The zero-order valence-corrected chi connectivity index (χ0v) is 32.7. The summed E-state index contributed by atoms with van der Waals surface area (Å²) in [5.41, 5.74) is 8.44. The van der Waals surface area contributed by atoms with Gasteiger partial charge in [-0.1, -0.05) is 47.4 Å². The molecule has 0 aliphatic carbocycles. The molecular weight excluding hydrogens is 805 g/mol. The predicted octanol–water partition coefficient (Wildman–Crippen LogP) is 3.34. The smallest absolute Gasteiger partial charge is 0.383 e. The summed E-state index contributed by atoms with van der Waals surface area (Å²) >= 11 is 0. The lowest BCUT2D eigenvalue weighted by molar-refractivity contribution is 0.0497. The van der Waals surface area contributed by atoms with Crippen molar-refractivity contribution in [1.82, 2.24) is 58.6 Å². The Morgan fingerprint density at radius 3 is 1.92 bits per heavy atom. The number of benzene rings is 2. The number of nitrogens with two attached hydrogens (primary N) is 1. The number of amidine groups is 1. The van der Waals surface area contributed by atoms with Crippen molar-refractivity contribution in [2.75, 3.05) is 13.1 Å². The van der Waals surface area contributed by atoms with Crippen LogP contribution in [-0.2, 0) is 24.9 Å². The highest BCUT2D eigenvalue weighted by Gasteiger charge is 2.40. The van der Waals surface area contributed by atoms with Gasteiger partial charge in [-0.15, -0.1) is 0 Å². The number of piperidine rings is 2. The molecule has 2 unspecified atom stereocenters. The number of nitrogens with one attached hydrogen (secondary N) is 2. The fourth-order valence-electron chi connectivity index (χ4n) is 6.74. The van der Waals surface area contributed by atoms with Gasteiger partial charge < -0.3 is 25.1 Å². The molecule has 0 radical (unpaired) electrons. The Morgan fingerprint density at radius 1 is 0.729 bits per heavy atom. The summed E-state index contributed by atoms with van der Waals surface area (Å²) in [4.78, 5) is 51.1. The molecule has 2 saturated heterocycles. The number of hydrogen-bond donors (Lipinski definition) is 3. The van der Waals surface area contributed by atoms with E-state index >= 15 is 0 Å². The first kappa shape index (κ1) is 39.3. The van der Waals surface area contributed by atoms with Crippen molar-refractivity contribution in [3.05, 3.63) is 97.1 Å². The monoisotopic (exact) mass is 840 g/mol. The summed E-state index contributed by atoms with van der Waals surface area (Å²) in [6.07, 6.45) is 9.99. The molecule has 21 nitrogen and oxygen atoms in total. The van der Waals surface area contributed by atoms with Gasteiger partial charge in [0.2, 0.25) is 22.0 Å². The van der Waals surface area contributed by atoms with Crippen LogP contribution >= 0.6 is 0 Å². The van der Waals surface area contributed by atoms with E-state index in [1.165, 1.54) is 21.0 Å². The van der Waals surface area contributed by atoms with Crippen LogP contribution in [0.15, 0.2) is 105 Å². The van der Waals surface area contributed by atoms with Gasteiger partial charge in [0.05, 0.1) is 34.2 Å². The molecule has 23 heteroatoms. The minimum Gasteiger partial charge on any atom is -0.383 e. The van der Waals surface area contributed by atoms with Gasteiger partial charge in [0.25, 0.3) is 25.9 Å². The van der Waals surface area contributed by atoms with E-state index in [0.717, 1.165) is 19.3 Å². The first-order valence-corrected chi connectivity index (χ1v) is 21.3. The molecule has 0 spiro atoms. The van der Waals surface area contributed by atoms with Crippen molar-refractivity contribution in [1.29, 1.82) is 0 Å². The van der Waals surface area contributed by atoms with Crippen LogP contribution in [-0.4, -0.2) is 106 Å². The molecule has 5 aromatic heterocycles. The van der Waals surface area contributed by atoms with Crippen molar-refractivity contribution in [3.8, 4) is 11.7 Å². The van der Waals surface area contributed by atoms with Crippen LogP contribution < -0.4 is 5.73 Å². The second-order valence-corrected chi connectivity index (χ2v) is 17.0. The third-order valence-electron chi connectivity index (χ3n) is 9.57. The molecule has 4 N–H and O–H groups in total. The van der Waals surface area contributed by atoms with Crippen molar-refractivity contribution in [3.63, 3.8) is 0 Å². The second-order valence-electron chi connectivity index (χ2n) is 13.4. The van der Waals surface area contributed by atoms with Crippen molar-refractivity contribution in [2.45, 2.75) is 60.9 Å². The van der Waals surface area contributed by atoms with E-state index < -0.39 is 38.1 Å². The number of fused-ring (bicyclic) bond motifs is 2. The Labute approximate surface area is 336 Å². The molecule has 304 valence electrons. The highest BCUT2D eigenvalue weighted by molar-refractivity contribution is 7.89. The Hall–Kier alpha value is -6.56. The molecule has 2 fully saturated rings. The summed E-state index contributed by atoms with van der Waals surface area (Å²) in [6, 6.07) is 16.2. The maximum Gasteiger partial charge on any atom is 0.402 e. The average molecular weight is 841 g/mol. The van der Waals surface area contributed by atoms with Crippen molar-refractivity contribution in [2.24, 2.45) is 10.9 Å². The van der Waals surface area contributed by atoms with Crippen molar-refractivity contribution < 1.29 is 31.0 Å². The Bertz CT molecular complexity index is 2770.